The van der Waals surface area contributed by atoms with E-state index in [0.717, 1.165) is 4.90 Å². The molecule has 1 atom stereocenters. The van der Waals surface area contributed by atoms with Crippen molar-refractivity contribution in [3.05, 3.63) is 29.8 Å². The highest BCUT2D eigenvalue weighted by atomic mass is 19.3. The molecule has 1 N–H and O–H groups in total. The molecule has 1 aromatic rings. The van der Waals surface area contributed by atoms with Gasteiger partial charge in [-0.05, 0) is 13.0 Å². The maximum absolute atomic E-state index is 12.4. The molecule has 1 aromatic carbocycles. The summed E-state index contributed by atoms with van der Waals surface area (Å²) < 4.78 is 29.1. The molecule has 5 nitrogen and oxygen atoms in total. The Labute approximate surface area is 114 Å². The summed E-state index contributed by atoms with van der Waals surface area (Å²) in [6.45, 7) is -0.640. The summed E-state index contributed by atoms with van der Waals surface area (Å²) in [6, 6.07) is 5.50. The van der Waals surface area contributed by atoms with Crippen molar-refractivity contribution >= 4 is 11.9 Å². The third-order valence-corrected chi connectivity index (χ3v) is 3.19. The van der Waals surface area contributed by atoms with Crippen LogP contribution in [0.3, 0.4) is 0 Å². The van der Waals surface area contributed by atoms with Crippen LogP contribution < -0.4 is 4.74 Å². The fourth-order valence-electron chi connectivity index (χ4n) is 1.82. The molecule has 0 aromatic heterocycles. The fourth-order valence-corrected chi connectivity index (χ4v) is 1.82. The molecule has 0 saturated heterocycles. The molecule has 0 aliphatic carbocycles. The first kappa shape index (κ1) is 15.9. The number of amides is 1. The van der Waals surface area contributed by atoms with Gasteiger partial charge in [0.2, 0.25) is 5.91 Å². The number of alkyl halides is 2. The van der Waals surface area contributed by atoms with Crippen LogP contribution in [0, 0.1) is 0 Å². The summed E-state index contributed by atoms with van der Waals surface area (Å²) in [5.41, 5.74) is -1.83. The minimum absolute atomic E-state index is 0.0227. The molecule has 0 aliphatic heterocycles. The Balaban J connectivity index is 3.43. The number of hydrogen-bond acceptors (Lipinski definition) is 3. The third kappa shape index (κ3) is 2.87. The number of carboxylic acid groups (broad SMARTS) is 1. The van der Waals surface area contributed by atoms with Crippen LogP contribution in [0.4, 0.5) is 8.78 Å². The molecular formula is C13H15F2NO4. The summed E-state index contributed by atoms with van der Waals surface area (Å²) in [4.78, 5) is 24.0. The Morgan fingerprint density at radius 3 is 2.35 bits per heavy atom. The van der Waals surface area contributed by atoms with E-state index in [4.69, 9.17) is 0 Å². The van der Waals surface area contributed by atoms with E-state index in [-0.39, 0.29) is 11.3 Å². The second-order valence-electron chi connectivity index (χ2n) is 4.33. The van der Waals surface area contributed by atoms with Crippen molar-refractivity contribution in [2.24, 2.45) is 0 Å². The average Bonchev–Trinajstić information content (AvgIpc) is 2.36. The third-order valence-electron chi connectivity index (χ3n) is 3.19. The van der Waals surface area contributed by atoms with Gasteiger partial charge in [-0.15, -0.1) is 0 Å². The number of aliphatic carboxylic acids is 1. The minimum atomic E-state index is -3.09. The van der Waals surface area contributed by atoms with Crippen LogP contribution in [0.5, 0.6) is 5.75 Å². The summed E-state index contributed by atoms with van der Waals surface area (Å²) in [6.07, 6.45) is 0. The number of halogens is 2. The van der Waals surface area contributed by atoms with Crippen LogP contribution in [0.25, 0.3) is 0 Å². The van der Waals surface area contributed by atoms with Crippen LogP contribution in [-0.2, 0) is 15.1 Å². The molecule has 0 spiro atoms. The topological polar surface area (TPSA) is 66.8 Å². The summed E-state index contributed by atoms with van der Waals surface area (Å²) in [7, 11) is 1.29. The van der Waals surface area contributed by atoms with Gasteiger partial charge < -0.3 is 14.7 Å². The van der Waals surface area contributed by atoms with Crippen LogP contribution in [0.15, 0.2) is 24.3 Å². The smallest absolute Gasteiger partial charge is 0.387 e. The van der Waals surface area contributed by atoms with Crippen molar-refractivity contribution in [1.82, 2.24) is 4.90 Å². The molecule has 0 saturated carbocycles. The Bertz CT molecular complexity index is 521. The Morgan fingerprint density at radius 2 is 1.90 bits per heavy atom. The largest absolute Gasteiger partial charge is 0.479 e. The average molecular weight is 287 g/mol. The van der Waals surface area contributed by atoms with Gasteiger partial charge in [0.05, 0.1) is 0 Å². The number of rotatable bonds is 5. The highest BCUT2D eigenvalue weighted by Gasteiger charge is 2.43. The van der Waals surface area contributed by atoms with E-state index >= 15 is 0 Å². The van der Waals surface area contributed by atoms with Gasteiger partial charge in [0.15, 0.2) is 5.54 Å². The molecule has 7 heteroatoms. The lowest BCUT2D eigenvalue weighted by atomic mass is 9.89. The van der Waals surface area contributed by atoms with E-state index in [2.05, 4.69) is 4.74 Å². The monoisotopic (exact) mass is 287 g/mol. The Morgan fingerprint density at radius 1 is 1.35 bits per heavy atom. The fraction of sp³-hybridized carbons (Fsp3) is 0.385. The zero-order valence-corrected chi connectivity index (χ0v) is 11.3. The highest BCUT2D eigenvalue weighted by molar-refractivity contribution is 5.87. The van der Waals surface area contributed by atoms with Crippen LogP contribution in [0.1, 0.15) is 19.4 Å². The summed E-state index contributed by atoms with van der Waals surface area (Å²) in [5.74, 6) is -2.14. The maximum Gasteiger partial charge on any atom is 0.387 e. The lowest BCUT2D eigenvalue weighted by Crippen LogP contribution is -2.50. The van der Waals surface area contributed by atoms with Gasteiger partial charge in [-0.2, -0.15) is 8.78 Å². The number of benzene rings is 1. The molecule has 1 rings (SSSR count). The zero-order valence-electron chi connectivity index (χ0n) is 11.3. The number of likely N-dealkylation sites (N-methyl/N-ethyl adjacent to an activating group) is 1. The lowest BCUT2D eigenvalue weighted by Gasteiger charge is -2.35. The standard InChI is InChI=1S/C13H15F2NO4/c1-8(17)16(3)13(2,11(18)19)9-6-4-5-7-10(9)20-12(14)15/h4-7,12H,1-3H3,(H,18,19). The van der Waals surface area contributed by atoms with Gasteiger partial charge in [0.25, 0.3) is 0 Å². The van der Waals surface area contributed by atoms with Crippen molar-refractivity contribution < 1.29 is 28.2 Å². The van der Waals surface area contributed by atoms with Gasteiger partial charge in [-0.25, -0.2) is 4.79 Å². The molecule has 1 amide bonds. The van der Waals surface area contributed by atoms with Crippen molar-refractivity contribution in [3.63, 3.8) is 0 Å². The Kier molecular flexibility index (Phi) is 4.65. The second kappa shape index (κ2) is 5.85. The number of para-hydroxylation sites is 1. The van der Waals surface area contributed by atoms with E-state index in [0.29, 0.717) is 0 Å². The molecule has 1 unspecified atom stereocenters. The SMILES string of the molecule is CC(=O)N(C)C(C)(C(=O)O)c1ccccc1OC(F)F. The Hall–Kier alpha value is -2.18. The molecule has 0 aliphatic rings. The van der Waals surface area contributed by atoms with Crippen LogP contribution in [0.2, 0.25) is 0 Å². The number of carboxylic acids is 1. The van der Waals surface area contributed by atoms with Crippen LogP contribution >= 0.6 is 0 Å². The highest BCUT2D eigenvalue weighted by Crippen LogP contribution is 2.35. The van der Waals surface area contributed by atoms with Gasteiger partial charge >= 0.3 is 12.6 Å². The molecule has 0 fully saturated rings. The van der Waals surface area contributed by atoms with E-state index in [9.17, 15) is 23.5 Å². The van der Waals surface area contributed by atoms with E-state index in [1.54, 1.807) is 0 Å². The van der Waals surface area contributed by atoms with Gasteiger partial charge in [-0.1, -0.05) is 18.2 Å². The van der Waals surface area contributed by atoms with E-state index in [1.165, 1.54) is 45.2 Å². The molecule has 0 heterocycles. The van der Waals surface area contributed by atoms with E-state index in [1.807, 2.05) is 0 Å². The minimum Gasteiger partial charge on any atom is -0.479 e. The molecule has 20 heavy (non-hydrogen) atoms. The predicted octanol–water partition coefficient (Wildman–Crippen LogP) is 2.07. The lowest BCUT2D eigenvalue weighted by molar-refractivity contribution is -0.157. The van der Waals surface area contributed by atoms with Crippen molar-refractivity contribution in [3.8, 4) is 5.75 Å². The molecule has 110 valence electrons. The van der Waals surface area contributed by atoms with Crippen molar-refractivity contribution in [1.29, 1.82) is 0 Å². The number of hydrogen-bond donors (Lipinski definition) is 1. The summed E-state index contributed by atoms with van der Waals surface area (Å²) in [5, 5.41) is 9.43. The molecule has 0 bridgehead atoms. The normalized spacial score (nSPS) is 13.7. The number of carbonyl (C=O) groups excluding carboxylic acids is 1. The van der Waals surface area contributed by atoms with Gasteiger partial charge in [-0.3, -0.25) is 4.79 Å². The van der Waals surface area contributed by atoms with Crippen LogP contribution in [-0.4, -0.2) is 35.5 Å². The van der Waals surface area contributed by atoms with Crippen molar-refractivity contribution in [2.45, 2.75) is 26.0 Å². The van der Waals surface area contributed by atoms with Crippen molar-refractivity contribution in [2.75, 3.05) is 7.05 Å². The quantitative estimate of drug-likeness (QED) is 0.900. The van der Waals surface area contributed by atoms with E-state index < -0.39 is 24.0 Å². The predicted molar refractivity (Wildman–Crippen MR) is 66.5 cm³/mol. The number of carbonyl (C=O) groups is 2. The van der Waals surface area contributed by atoms with Gasteiger partial charge in [0, 0.05) is 19.5 Å². The maximum atomic E-state index is 12.4. The number of ether oxygens (including phenoxy) is 1. The first-order valence-electron chi connectivity index (χ1n) is 5.73. The second-order valence-corrected chi connectivity index (χ2v) is 4.33. The first-order valence-corrected chi connectivity index (χ1v) is 5.73. The first-order chi connectivity index (χ1) is 9.21. The zero-order chi connectivity index (χ0) is 15.5. The molecule has 0 radical (unpaired) electrons. The molecular weight excluding hydrogens is 272 g/mol. The number of nitrogens with zero attached hydrogens (tertiary/aromatic N) is 1. The van der Waals surface area contributed by atoms with Gasteiger partial charge in [0.1, 0.15) is 5.75 Å². The summed E-state index contributed by atoms with van der Waals surface area (Å²) >= 11 is 0.